The van der Waals surface area contributed by atoms with E-state index in [2.05, 4.69) is 0 Å². The van der Waals surface area contributed by atoms with E-state index in [1.54, 1.807) is 111 Å². The maximum absolute atomic E-state index is 12.7. The molecular formula is C31H26Cl4O4. The molecule has 202 valence electrons. The Labute approximate surface area is 247 Å². The standard InChI is InChI=1S/C31H26Cl4O4/c1-29(2)38-27(30(36,19-3-11-23(32)12-4-19)20-5-13-24(33)14-6-20)28(39-29)31(37,21-7-15-25(34)16-8-21)22-9-17-26(35)18-10-22/h3-18,27-28,36-37H,1-2H3/t27-,28-/m1/s1. The van der Waals surface area contributed by atoms with Crippen molar-refractivity contribution in [3.63, 3.8) is 0 Å². The van der Waals surface area contributed by atoms with Crippen molar-refractivity contribution < 1.29 is 19.7 Å². The Morgan fingerprint density at radius 3 is 0.897 bits per heavy atom. The minimum atomic E-state index is -1.79. The molecule has 5 rings (SSSR count). The van der Waals surface area contributed by atoms with Crippen molar-refractivity contribution in [1.29, 1.82) is 0 Å². The third-order valence-corrected chi connectivity index (χ3v) is 8.07. The summed E-state index contributed by atoms with van der Waals surface area (Å²) in [6.07, 6.45) is -2.21. The van der Waals surface area contributed by atoms with Crippen LogP contribution >= 0.6 is 46.4 Å². The summed E-state index contributed by atoms with van der Waals surface area (Å²) in [4.78, 5) is 0. The minimum absolute atomic E-state index is 0.500. The summed E-state index contributed by atoms with van der Waals surface area (Å²) in [5.74, 6) is -1.17. The fraction of sp³-hybridized carbons (Fsp3) is 0.226. The molecule has 2 N–H and O–H groups in total. The van der Waals surface area contributed by atoms with Crippen LogP contribution in [0.25, 0.3) is 0 Å². The molecule has 0 unspecified atom stereocenters. The summed E-state index contributed by atoms with van der Waals surface area (Å²) >= 11 is 24.8. The van der Waals surface area contributed by atoms with Crippen LogP contribution in [0.1, 0.15) is 36.1 Å². The zero-order valence-electron chi connectivity index (χ0n) is 21.1. The molecule has 0 radical (unpaired) electrons. The molecule has 0 amide bonds. The van der Waals surface area contributed by atoms with Crippen LogP contribution < -0.4 is 0 Å². The Balaban J connectivity index is 1.77. The van der Waals surface area contributed by atoms with Crippen LogP contribution in [0.15, 0.2) is 97.1 Å². The van der Waals surface area contributed by atoms with Gasteiger partial charge in [-0.1, -0.05) is 94.9 Å². The van der Waals surface area contributed by atoms with E-state index in [9.17, 15) is 10.2 Å². The number of aliphatic hydroxyl groups is 2. The van der Waals surface area contributed by atoms with Gasteiger partial charge in [-0.3, -0.25) is 0 Å². The molecule has 4 aromatic rings. The summed E-state index contributed by atoms with van der Waals surface area (Å²) < 4.78 is 13.0. The Hall–Kier alpha value is -2.12. The van der Waals surface area contributed by atoms with Crippen molar-refractivity contribution in [3.8, 4) is 0 Å². The van der Waals surface area contributed by atoms with Crippen molar-refractivity contribution in [2.24, 2.45) is 0 Å². The van der Waals surface area contributed by atoms with Crippen LogP contribution in [0.5, 0.6) is 0 Å². The first kappa shape index (κ1) is 28.4. The SMILES string of the molecule is CC1(C)O[C@@H](C(O)(c2ccc(Cl)cc2)c2ccc(Cl)cc2)[C@H](C(O)(c2ccc(Cl)cc2)c2ccc(Cl)cc2)O1. The van der Waals surface area contributed by atoms with E-state index in [0.29, 0.717) is 42.3 Å². The fourth-order valence-corrected chi connectivity index (χ4v) is 5.68. The number of benzene rings is 4. The van der Waals surface area contributed by atoms with Gasteiger partial charge in [-0.05, 0) is 84.6 Å². The first-order chi connectivity index (χ1) is 18.4. The van der Waals surface area contributed by atoms with E-state index in [4.69, 9.17) is 55.9 Å². The molecule has 0 aromatic heterocycles. The molecule has 4 nitrogen and oxygen atoms in total. The van der Waals surface area contributed by atoms with Crippen molar-refractivity contribution in [3.05, 3.63) is 139 Å². The largest absolute Gasteiger partial charge is 0.378 e. The summed E-state index contributed by atoms with van der Waals surface area (Å²) in [7, 11) is 0. The van der Waals surface area contributed by atoms with E-state index >= 15 is 0 Å². The quantitative estimate of drug-likeness (QED) is 0.234. The van der Waals surface area contributed by atoms with Gasteiger partial charge in [0.1, 0.15) is 23.4 Å². The topological polar surface area (TPSA) is 58.9 Å². The maximum Gasteiger partial charge on any atom is 0.164 e. The second kappa shape index (κ2) is 10.7. The monoisotopic (exact) mass is 602 g/mol. The van der Waals surface area contributed by atoms with E-state index in [1.807, 2.05) is 0 Å². The number of halogens is 4. The maximum atomic E-state index is 12.7. The highest BCUT2D eigenvalue weighted by Gasteiger charge is 2.61. The van der Waals surface area contributed by atoms with Gasteiger partial charge in [-0.15, -0.1) is 0 Å². The van der Waals surface area contributed by atoms with Crippen LogP contribution in [-0.4, -0.2) is 28.2 Å². The zero-order valence-corrected chi connectivity index (χ0v) is 24.1. The normalized spacial score (nSPS) is 19.3. The fourth-order valence-electron chi connectivity index (χ4n) is 5.18. The van der Waals surface area contributed by atoms with Crippen LogP contribution in [-0.2, 0) is 20.7 Å². The molecule has 0 saturated carbocycles. The highest BCUT2D eigenvalue weighted by Crippen LogP contribution is 2.50. The lowest BCUT2D eigenvalue weighted by atomic mass is 9.72. The number of ether oxygens (including phenoxy) is 2. The van der Waals surface area contributed by atoms with Gasteiger partial charge in [-0.2, -0.15) is 0 Å². The van der Waals surface area contributed by atoms with Gasteiger partial charge in [0.2, 0.25) is 0 Å². The van der Waals surface area contributed by atoms with Gasteiger partial charge in [-0.25, -0.2) is 0 Å². The van der Waals surface area contributed by atoms with E-state index < -0.39 is 29.2 Å². The van der Waals surface area contributed by atoms with Gasteiger partial charge in [0, 0.05) is 20.1 Å². The van der Waals surface area contributed by atoms with Crippen LogP contribution in [0.4, 0.5) is 0 Å². The van der Waals surface area contributed by atoms with Gasteiger partial charge in [0.15, 0.2) is 5.79 Å². The molecule has 1 fully saturated rings. The van der Waals surface area contributed by atoms with E-state index in [0.717, 1.165) is 0 Å². The third kappa shape index (κ3) is 5.33. The average Bonchev–Trinajstić information content (AvgIpc) is 3.25. The lowest BCUT2D eigenvalue weighted by Gasteiger charge is -2.42. The first-order valence-corrected chi connectivity index (χ1v) is 13.8. The molecule has 0 spiro atoms. The lowest BCUT2D eigenvalue weighted by molar-refractivity contribution is -0.172. The summed E-state index contributed by atoms with van der Waals surface area (Å²) in [5.41, 5.74) is -1.58. The molecule has 1 aliphatic rings. The Morgan fingerprint density at radius 1 is 0.487 bits per heavy atom. The molecule has 2 atom stereocenters. The predicted octanol–water partition coefficient (Wildman–Crippen LogP) is 7.99. The summed E-state index contributed by atoms with van der Waals surface area (Å²) in [6.45, 7) is 3.49. The molecule has 1 aliphatic heterocycles. The highest BCUT2D eigenvalue weighted by molar-refractivity contribution is 6.31. The molecule has 39 heavy (non-hydrogen) atoms. The lowest BCUT2D eigenvalue weighted by Crippen LogP contribution is -2.55. The van der Waals surface area contributed by atoms with Crippen molar-refractivity contribution in [2.75, 3.05) is 0 Å². The highest BCUT2D eigenvalue weighted by atomic mass is 35.5. The molecular weight excluding hydrogens is 578 g/mol. The second-order valence-electron chi connectivity index (χ2n) is 10.0. The summed E-state index contributed by atoms with van der Waals surface area (Å²) in [6, 6.07) is 27.4. The summed E-state index contributed by atoms with van der Waals surface area (Å²) in [5, 5.41) is 27.5. The Bertz CT molecular complexity index is 1230. The number of hydrogen-bond donors (Lipinski definition) is 2. The Morgan fingerprint density at radius 2 is 0.692 bits per heavy atom. The van der Waals surface area contributed by atoms with Crippen molar-refractivity contribution >= 4 is 46.4 Å². The minimum Gasteiger partial charge on any atom is -0.378 e. The average molecular weight is 604 g/mol. The van der Waals surface area contributed by atoms with Gasteiger partial charge < -0.3 is 19.7 Å². The van der Waals surface area contributed by atoms with Crippen molar-refractivity contribution in [1.82, 2.24) is 0 Å². The molecule has 0 bridgehead atoms. The first-order valence-electron chi connectivity index (χ1n) is 12.3. The van der Waals surface area contributed by atoms with Gasteiger partial charge in [0.05, 0.1) is 0 Å². The zero-order chi connectivity index (χ0) is 28.0. The number of hydrogen-bond acceptors (Lipinski definition) is 4. The molecule has 4 aromatic carbocycles. The number of rotatable bonds is 6. The predicted molar refractivity (Wildman–Crippen MR) is 156 cm³/mol. The van der Waals surface area contributed by atoms with Gasteiger partial charge >= 0.3 is 0 Å². The molecule has 8 heteroatoms. The third-order valence-electron chi connectivity index (χ3n) is 7.06. The van der Waals surface area contributed by atoms with E-state index in [-0.39, 0.29) is 0 Å². The van der Waals surface area contributed by atoms with Gasteiger partial charge in [0.25, 0.3) is 0 Å². The van der Waals surface area contributed by atoms with Crippen LogP contribution in [0, 0.1) is 0 Å². The molecule has 1 heterocycles. The molecule has 1 saturated heterocycles. The van der Waals surface area contributed by atoms with E-state index in [1.165, 1.54) is 0 Å². The smallest absolute Gasteiger partial charge is 0.164 e. The van der Waals surface area contributed by atoms with Crippen molar-refractivity contribution in [2.45, 2.75) is 43.0 Å². The molecule has 0 aliphatic carbocycles. The van der Waals surface area contributed by atoms with Crippen LogP contribution in [0.3, 0.4) is 0 Å². The second-order valence-corrected chi connectivity index (χ2v) is 11.8. The Kier molecular flexibility index (Phi) is 7.79. The van der Waals surface area contributed by atoms with Crippen LogP contribution in [0.2, 0.25) is 20.1 Å².